The van der Waals surface area contributed by atoms with Crippen molar-refractivity contribution in [3.8, 4) is 6.19 Å². The summed E-state index contributed by atoms with van der Waals surface area (Å²) in [6.07, 6.45) is 5.36. The first-order valence-electron chi connectivity index (χ1n) is 4.98. The zero-order valence-electron chi connectivity index (χ0n) is 8.92. The van der Waals surface area contributed by atoms with Crippen molar-refractivity contribution in [1.29, 1.82) is 5.26 Å². The van der Waals surface area contributed by atoms with E-state index in [0.717, 1.165) is 5.56 Å². The molecule has 0 aromatic carbocycles. The monoisotopic (exact) mass is 244 g/mol. The van der Waals surface area contributed by atoms with Gasteiger partial charge < -0.3 is 4.57 Å². The molecule has 0 saturated heterocycles. The van der Waals surface area contributed by atoms with Gasteiger partial charge in [0, 0.05) is 12.4 Å². The Labute approximate surface area is 103 Å². The van der Waals surface area contributed by atoms with Gasteiger partial charge in [0.2, 0.25) is 6.19 Å². The Kier molecular flexibility index (Phi) is 3.53. The lowest BCUT2D eigenvalue weighted by Crippen LogP contribution is -2.19. The second-order valence-corrected chi connectivity index (χ2v) is 3.77. The molecule has 0 aliphatic rings. The number of pyridine rings is 2. The highest BCUT2D eigenvalue weighted by Gasteiger charge is 1.97. The Morgan fingerprint density at radius 3 is 2.94 bits per heavy atom. The Morgan fingerprint density at radius 1 is 1.35 bits per heavy atom. The lowest BCUT2D eigenvalue weighted by Gasteiger charge is -2.06. The van der Waals surface area contributed by atoms with Gasteiger partial charge in [-0.2, -0.15) is 10.3 Å². The first kappa shape index (κ1) is 11.4. The summed E-state index contributed by atoms with van der Waals surface area (Å²) in [5, 5.41) is 9.05. The molecule has 0 aliphatic heterocycles. The Bertz CT molecular complexity index is 607. The minimum atomic E-state index is 0.466. The summed E-state index contributed by atoms with van der Waals surface area (Å²) in [5.74, 6) is 0. The lowest BCUT2D eigenvalue weighted by molar-refractivity contribution is 0.741. The molecule has 0 radical (unpaired) electrons. The molecule has 0 aliphatic carbocycles. The van der Waals surface area contributed by atoms with E-state index in [0.29, 0.717) is 17.2 Å². The van der Waals surface area contributed by atoms with E-state index in [9.17, 15) is 0 Å². The summed E-state index contributed by atoms with van der Waals surface area (Å²) in [6.45, 7) is 0.603. The third-order valence-electron chi connectivity index (χ3n) is 2.22. The smallest absolute Gasteiger partial charge is 0.207 e. The molecular weight excluding hydrogens is 236 g/mol. The number of rotatable bonds is 2. The number of aromatic nitrogens is 2. The minimum Gasteiger partial charge on any atom is -0.328 e. The molecule has 17 heavy (non-hydrogen) atoms. The molecule has 5 heteroatoms. The van der Waals surface area contributed by atoms with Gasteiger partial charge in [-0.05, 0) is 23.8 Å². The third kappa shape index (κ3) is 2.92. The Morgan fingerprint density at radius 2 is 2.24 bits per heavy atom. The van der Waals surface area contributed by atoms with Crippen molar-refractivity contribution in [2.75, 3.05) is 0 Å². The van der Waals surface area contributed by atoms with Crippen LogP contribution in [0.5, 0.6) is 0 Å². The van der Waals surface area contributed by atoms with Gasteiger partial charge in [-0.1, -0.05) is 23.7 Å². The number of nitriles is 1. The fourth-order valence-corrected chi connectivity index (χ4v) is 1.56. The van der Waals surface area contributed by atoms with Crippen molar-refractivity contribution < 1.29 is 0 Å². The molecule has 0 unspecified atom stereocenters. The highest BCUT2D eigenvalue weighted by Crippen LogP contribution is 2.05. The second kappa shape index (κ2) is 5.28. The van der Waals surface area contributed by atoms with Crippen molar-refractivity contribution in [2.45, 2.75) is 6.54 Å². The minimum absolute atomic E-state index is 0.466. The van der Waals surface area contributed by atoms with Crippen LogP contribution in [-0.4, -0.2) is 9.55 Å². The zero-order chi connectivity index (χ0) is 12.1. The molecule has 0 atom stereocenters. The van der Waals surface area contributed by atoms with E-state index in [-0.39, 0.29) is 0 Å². The average molecular weight is 245 g/mol. The van der Waals surface area contributed by atoms with Gasteiger partial charge in [-0.25, -0.2) is 4.98 Å². The summed E-state index contributed by atoms with van der Waals surface area (Å²) < 4.78 is 1.87. The zero-order valence-corrected chi connectivity index (χ0v) is 9.67. The maximum absolute atomic E-state index is 8.59. The molecule has 84 valence electrons. The van der Waals surface area contributed by atoms with Gasteiger partial charge in [0.05, 0.1) is 6.54 Å². The Hall–Kier alpha value is -2.12. The molecule has 0 fully saturated rings. The van der Waals surface area contributed by atoms with E-state index in [1.54, 1.807) is 24.5 Å². The van der Waals surface area contributed by atoms with Crippen molar-refractivity contribution in [3.63, 3.8) is 0 Å². The molecule has 2 rings (SSSR count). The van der Waals surface area contributed by atoms with Crippen LogP contribution in [0.2, 0.25) is 5.15 Å². The van der Waals surface area contributed by atoms with E-state index in [4.69, 9.17) is 16.9 Å². The summed E-state index contributed by atoms with van der Waals surface area (Å²) in [5.41, 5.74) is 1.62. The maximum atomic E-state index is 8.59. The number of hydrogen-bond donors (Lipinski definition) is 0. The summed E-state index contributed by atoms with van der Waals surface area (Å²) in [7, 11) is 0. The summed E-state index contributed by atoms with van der Waals surface area (Å²) >= 11 is 5.72. The van der Waals surface area contributed by atoms with Crippen molar-refractivity contribution in [1.82, 2.24) is 9.55 Å². The number of nitrogens with zero attached hydrogens (tertiary/aromatic N) is 4. The predicted molar refractivity (Wildman–Crippen MR) is 64.0 cm³/mol. The van der Waals surface area contributed by atoms with Crippen molar-refractivity contribution in [3.05, 3.63) is 58.9 Å². The quantitative estimate of drug-likeness (QED) is 0.599. The van der Waals surface area contributed by atoms with Gasteiger partial charge in [-0.15, -0.1) is 0 Å². The van der Waals surface area contributed by atoms with Crippen LogP contribution in [0, 0.1) is 11.5 Å². The third-order valence-corrected chi connectivity index (χ3v) is 2.45. The van der Waals surface area contributed by atoms with E-state index in [2.05, 4.69) is 9.98 Å². The van der Waals surface area contributed by atoms with Crippen LogP contribution in [0.1, 0.15) is 5.56 Å². The van der Waals surface area contributed by atoms with Crippen LogP contribution >= 0.6 is 11.6 Å². The SMILES string of the molecule is N#CN=c1ccccn1Cc1ccc(Cl)nc1. The molecule has 2 aromatic rings. The number of halogens is 1. The number of hydrogen-bond acceptors (Lipinski definition) is 3. The molecular formula is C12H9ClN4. The fraction of sp³-hybridized carbons (Fsp3) is 0.0833. The molecule has 2 aromatic heterocycles. The highest BCUT2D eigenvalue weighted by atomic mass is 35.5. The largest absolute Gasteiger partial charge is 0.328 e. The molecule has 0 bridgehead atoms. The highest BCUT2D eigenvalue weighted by molar-refractivity contribution is 6.29. The average Bonchev–Trinajstić information content (AvgIpc) is 2.35. The molecule has 2 heterocycles. The second-order valence-electron chi connectivity index (χ2n) is 3.39. The molecule has 0 spiro atoms. The van der Waals surface area contributed by atoms with Crippen LogP contribution in [0.15, 0.2) is 47.7 Å². The normalized spacial score (nSPS) is 11.2. The molecule has 0 amide bonds. The van der Waals surface area contributed by atoms with E-state index >= 15 is 0 Å². The lowest BCUT2D eigenvalue weighted by atomic mass is 10.3. The topological polar surface area (TPSA) is 54.0 Å². The van der Waals surface area contributed by atoms with Gasteiger partial charge in [-0.3, -0.25) is 0 Å². The van der Waals surface area contributed by atoms with Crippen LogP contribution in [0.3, 0.4) is 0 Å². The van der Waals surface area contributed by atoms with E-state index < -0.39 is 0 Å². The molecule has 0 N–H and O–H groups in total. The van der Waals surface area contributed by atoms with Crippen LogP contribution in [0.25, 0.3) is 0 Å². The van der Waals surface area contributed by atoms with Crippen molar-refractivity contribution in [2.24, 2.45) is 4.99 Å². The van der Waals surface area contributed by atoms with Gasteiger partial charge in [0.25, 0.3) is 0 Å². The van der Waals surface area contributed by atoms with Crippen molar-refractivity contribution >= 4 is 11.6 Å². The van der Waals surface area contributed by atoms with Gasteiger partial charge >= 0.3 is 0 Å². The van der Waals surface area contributed by atoms with E-state index in [1.165, 1.54) is 0 Å². The first-order chi connectivity index (χ1) is 8.29. The standard InChI is InChI=1S/C12H9ClN4/c13-11-5-4-10(7-15-11)8-17-6-2-1-3-12(17)16-9-14/h1-7H,8H2. The van der Waals surface area contributed by atoms with E-state index in [1.807, 2.05) is 29.0 Å². The molecule has 4 nitrogen and oxygen atoms in total. The first-order valence-corrected chi connectivity index (χ1v) is 5.36. The van der Waals surface area contributed by atoms with Crippen LogP contribution in [-0.2, 0) is 6.54 Å². The van der Waals surface area contributed by atoms with Gasteiger partial charge in [0.1, 0.15) is 10.6 Å². The Balaban J connectivity index is 2.34. The van der Waals surface area contributed by atoms with Crippen LogP contribution in [0.4, 0.5) is 0 Å². The summed E-state index contributed by atoms with van der Waals surface area (Å²) in [6, 6.07) is 9.14. The fourth-order valence-electron chi connectivity index (χ4n) is 1.45. The van der Waals surface area contributed by atoms with Gasteiger partial charge in [0.15, 0.2) is 0 Å². The maximum Gasteiger partial charge on any atom is 0.207 e. The summed E-state index contributed by atoms with van der Waals surface area (Å²) in [4.78, 5) is 7.75. The molecule has 0 saturated carbocycles. The predicted octanol–water partition coefficient (Wildman–Crippen LogP) is 1.97. The van der Waals surface area contributed by atoms with Crippen LogP contribution < -0.4 is 5.49 Å².